The van der Waals surface area contributed by atoms with Crippen molar-refractivity contribution in [3.05, 3.63) is 33.4 Å². The second-order valence-electron chi connectivity index (χ2n) is 5.41. The van der Waals surface area contributed by atoms with Gasteiger partial charge in [-0.2, -0.15) is 0 Å². The molecule has 0 aromatic heterocycles. The standard InChI is InChI=1S/C16H23IN2O3/c1-4-22-16(21)19-14(8-11(2)3)10-18-15(20)12-6-5-7-13(17)9-12/h5-7,9,11,14H,4,8,10H2,1-3H3,(H,18,20)(H,19,21). The second-order valence-corrected chi connectivity index (χ2v) is 6.66. The largest absolute Gasteiger partial charge is 0.450 e. The van der Waals surface area contributed by atoms with Crippen LogP contribution in [0, 0.1) is 9.49 Å². The van der Waals surface area contributed by atoms with Gasteiger partial charge in [0.25, 0.3) is 5.91 Å². The van der Waals surface area contributed by atoms with Crippen LogP contribution in [0.15, 0.2) is 24.3 Å². The minimum atomic E-state index is -0.448. The lowest BCUT2D eigenvalue weighted by atomic mass is 10.0. The number of nitrogens with one attached hydrogen (secondary N) is 2. The van der Waals surface area contributed by atoms with Gasteiger partial charge in [0, 0.05) is 21.7 Å². The van der Waals surface area contributed by atoms with Gasteiger partial charge in [-0.1, -0.05) is 19.9 Å². The number of alkyl carbamates (subject to hydrolysis) is 1. The lowest BCUT2D eigenvalue weighted by Gasteiger charge is -2.20. The molecule has 6 heteroatoms. The highest BCUT2D eigenvalue weighted by atomic mass is 127. The molecule has 0 aliphatic rings. The molecule has 0 spiro atoms. The Balaban J connectivity index is 2.58. The first-order valence-electron chi connectivity index (χ1n) is 7.39. The number of hydrogen-bond donors (Lipinski definition) is 2. The molecule has 2 amide bonds. The van der Waals surface area contributed by atoms with Crippen molar-refractivity contribution >= 4 is 34.6 Å². The summed E-state index contributed by atoms with van der Waals surface area (Å²) in [4.78, 5) is 23.7. The smallest absolute Gasteiger partial charge is 0.407 e. The number of carbonyl (C=O) groups excluding carboxylic acids is 2. The van der Waals surface area contributed by atoms with Crippen molar-refractivity contribution in [2.24, 2.45) is 5.92 Å². The van der Waals surface area contributed by atoms with Crippen LogP contribution in [0.25, 0.3) is 0 Å². The summed E-state index contributed by atoms with van der Waals surface area (Å²) in [5.74, 6) is 0.263. The van der Waals surface area contributed by atoms with Crippen molar-refractivity contribution in [2.75, 3.05) is 13.2 Å². The summed E-state index contributed by atoms with van der Waals surface area (Å²) in [5.41, 5.74) is 0.617. The number of amides is 2. The maximum absolute atomic E-state index is 12.1. The van der Waals surface area contributed by atoms with Crippen LogP contribution >= 0.6 is 22.6 Å². The highest BCUT2D eigenvalue weighted by molar-refractivity contribution is 14.1. The second kappa shape index (κ2) is 9.66. The van der Waals surface area contributed by atoms with Gasteiger partial charge in [0.15, 0.2) is 0 Å². The van der Waals surface area contributed by atoms with Crippen LogP contribution in [0.1, 0.15) is 37.6 Å². The number of benzene rings is 1. The fourth-order valence-corrected chi connectivity index (χ4v) is 2.59. The average Bonchev–Trinajstić information content (AvgIpc) is 2.44. The topological polar surface area (TPSA) is 67.4 Å². The summed E-state index contributed by atoms with van der Waals surface area (Å²) in [5, 5.41) is 5.66. The van der Waals surface area contributed by atoms with E-state index in [0.29, 0.717) is 24.6 Å². The first-order chi connectivity index (χ1) is 10.4. The lowest BCUT2D eigenvalue weighted by Crippen LogP contribution is -2.44. The maximum Gasteiger partial charge on any atom is 0.407 e. The number of halogens is 1. The quantitative estimate of drug-likeness (QED) is 0.669. The minimum absolute atomic E-state index is 0.141. The van der Waals surface area contributed by atoms with Crippen LogP contribution in [-0.2, 0) is 4.74 Å². The minimum Gasteiger partial charge on any atom is -0.450 e. The van der Waals surface area contributed by atoms with Gasteiger partial charge < -0.3 is 15.4 Å². The predicted octanol–water partition coefficient (Wildman–Crippen LogP) is 3.18. The zero-order valence-electron chi connectivity index (χ0n) is 13.2. The summed E-state index contributed by atoms with van der Waals surface area (Å²) in [6, 6.07) is 7.23. The van der Waals surface area contributed by atoms with E-state index in [1.54, 1.807) is 13.0 Å². The summed E-state index contributed by atoms with van der Waals surface area (Å²) in [7, 11) is 0. The van der Waals surface area contributed by atoms with Gasteiger partial charge in [0.05, 0.1) is 6.61 Å². The van der Waals surface area contributed by atoms with E-state index in [1.165, 1.54) is 0 Å². The SMILES string of the molecule is CCOC(=O)NC(CNC(=O)c1cccc(I)c1)CC(C)C. The Kier molecular flexibility index (Phi) is 8.22. The monoisotopic (exact) mass is 418 g/mol. The van der Waals surface area contributed by atoms with E-state index in [4.69, 9.17) is 4.74 Å². The third-order valence-electron chi connectivity index (χ3n) is 2.95. The third-order valence-corrected chi connectivity index (χ3v) is 3.62. The molecule has 122 valence electrons. The van der Waals surface area contributed by atoms with Gasteiger partial charge in [0.2, 0.25) is 0 Å². The lowest BCUT2D eigenvalue weighted by molar-refractivity contribution is 0.0944. The highest BCUT2D eigenvalue weighted by Gasteiger charge is 2.16. The van der Waals surface area contributed by atoms with E-state index >= 15 is 0 Å². The van der Waals surface area contributed by atoms with Gasteiger partial charge >= 0.3 is 6.09 Å². The number of rotatable bonds is 7. The van der Waals surface area contributed by atoms with Crippen molar-refractivity contribution in [3.63, 3.8) is 0 Å². The molecule has 22 heavy (non-hydrogen) atoms. The fourth-order valence-electron chi connectivity index (χ4n) is 2.05. The van der Waals surface area contributed by atoms with E-state index in [2.05, 4.69) is 47.1 Å². The van der Waals surface area contributed by atoms with Crippen molar-refractivity contribution in [1.82, 2.24) is 10.6 Å². The summed E-state index contributed by atoms with van der Waals surface area (Å²) in [6.07, 6.45) is 0.322. The van der Waals surface area contributed by atoms with Crippen LogP contribution in [-0.4, -0.2) is 31.2 Å². The molecule has 0 radical (unpaired) electrons. The molecule has 0 fully saturated rings. The number of ether oxygens (including phenoxy) is 1. The normalized spacial score (nSPS) is 11.9. The predicted molar refractivity (Wildman–Crippen MR) is 94.9 cm³/mol. The molecule has 0 aliphatic heterocycles. The highest BCUT2D eigenvalue weighted by Crippen LogP contribution is 2.08. The van der Waals surface area contributed by atoms with Gasteiger partial charge in [-0.15, -0.1) is 0 Å². The molecule has 0 saturated heterocycles. The molecule has 1 aromatic carbocycles. The van der Waals surface area contributed by atoms with Crippen molar-refractivity contribution in [3.8, 4) is 0 Å². The molecule has 0 aliphatic carbocycles. The molecule has 2 N–H and O–H groups in total. The zero-order valence-corrected chi connectivity index (χ0v) is 15.3. The molecule has 0 bridgehead atoms. The first-order valence-corrected chi connectivity index (χ1v) is 8.47. The third kappa shape index (κ3) is 7.11. The molecule has 5 nitrogen and oxygen atoms in total. The van der Waals surface area contributed by atoms with E-state index in [-0.39, 0.29) is 11.9 Å². The van der Waals surface area contributed by atoms with E-state index < -0.39 is 6.09 Å². The zero-order chi connectivity index (χ0) is 16.5. The van der Waals surface area contributed by atoms with Gasteiger partial charge in [0.1, 0.15) is 0 Å². The number of carbonyl (C=O) groups is 2. The molecule has 0 saturated carbocycles. The summed E-state index contributed by atoms with van der Waals surface area (Å²) in [6.45, 7) is 6.61. The molecule has 0 heterocycles. The average molecular weight is 418 g/mol. The van der Waals surface area contributed by atoms with Gasteiger partial charge in [-0.25, -0.2) is 4.79 Å². The Hall–Kier alpha value is -1.31. The molecule has 1 unspecified atom stereocenters. The number of hydrogen-bond acceptors (Lipinski definition) is 3. The van der Waals surface area contributed by atoms with Gasteiger partial charge in [-0.05, 0) is 60.1 Å². The van der Waals surface area contributed by atoms with Crippen molar-refractivity contribution in [2.45, 2.75) is 33.2 Å². The Bertz CT molecular complexity index is 506. The summed E-state index contributed by atoms with van der Waals surface area (Å²) >= 11 is 2.17. The molecular formula is C16H23IN2O3. The maximum atomic E-state index is 12.1. The Morgan fingerprint density at radius 2 is 2.05 bits per heavy atom. The van der Waals surface area contributed by atoms with Crippen LogP contribution in [0.3, 0.4) is 0 Å². The Labute approximate surface area is 145 Å². The van der Waals surface area contributed by atoms with Crippen LogP contribution in [0.5, 0.6) is 0 Å². The fraction of sp³-hybridized carbons (Fsp3) is 0.500. The Morgan fingerprint density at radius 1 is 1.32 bits per heavy atom. The van der Waals surface area contributed by atoms with E-state index in [0.717, 1.165) is 9.99 Å². The molecular weight excluding hydrogens is 395 g/mol. The van der Waals surface area contributed by atoms with Crippen LogP contribution in [0.2, 0.25) is 0 Å². The summed E-state index contributed by atoms with van der Waals surface area (Å²) < 4.78 is 5.91. The molecule has 1 atom stereocenters. The molecule has 1 rings (SSSR count). The Morgan fingerprint density at radius 3 is 2.64 bits per heavy atom. The van der Waals surface area contributed by atoms with E-state index in [9.17, 15) is 9.59 Å². The first kappa shape index (κ1) is 18.7. The van der Waals surface area contributed by atoms with Crippen molar-refractivity contribution < 1.29 is 14.3 Å². The van der Waals surface area contributed by atoms with Crippen LogP contribution < -0.4 is 10.6 Å². The van der Waals surface area contributed by atoms with Crippen LogP contribution in [0.4, 0.5) is 4.79 Å². The molecule has 1 aromatic rings. The van der Waals surface area contributed by atoms with Gasteiger partial charge in [-0.3, -0.25) is 4.79 Å². The van der Waals surface area contributed by atoms with E-state index in [1.807, 2.05) is 18.2 Å². The van der Waals surface area contributed by atoms with Crippen molar-refractivity contribution in [1.29, 1.82) is 0 Å².